The zero-order valence-electron chi connectivity index (χ0n) is 22.6. The van der Waals surface area contributed by atoms with Crippen LogP contribution < -0.4 is 20.1 Å². The standard InChI is InChI=1S/C29H29F3N4O5S/c1-19-25-18-22(6-11-26(25)40-27(19)28(37)34-14-17-36-15-12-33-13-16-36)35-42(38,39)24-9-4-21(5-10-24)20-2-7-23(8-3-20)41-29(30,31)32/h2-11,18,33,35H,12-17H2,1H3,(H,34,37). The first-order valence-electron chi connectivity index (χ1n) is 13.2. The van der Waals surface area contributed by atoms with Gasteiger partial charge in [-0.15, -0.1) is 13.2 Å². The Morgan fingerprint density at radius 1 is 1.00 bits per heavy atom. The molecule has 4 aromatic rings. The second kappa shape index (κ2) is 12.0. The molecule has 5 rings (SSSR count). The van der Waals surface area contributed by atoms with Crippen LogP contribution in [0.15, 0.2) is 76.0 Å². The predicted octanol–water partition coefficient (Wildman–Crippen LogP) is 4.74. The van der Waals surface area contributed by atoms with Gasteiger partial charge in [0.15, 0.2) is 5.76 Å². The number of amides is 1. The van der Waals surface area contributed by atoms with Gasteiger partial charge < -0.3 is 19.8 Å². The van der Waals surface area contributed by atoms with E-state index >= 15 is 0 Å². The molecule has 0 spiro atoms. The van der Waals surface area contributed by atoms with E-state index in [-0.39, 0.29) is 22.3 Å². The molecule has 1 aliphatic heterocycles. The van der Waals surface area contributed by atoms with Gasteiger partial charge in [-0.1, -0.05) is 24.3 Å². The third-order valence-corrected chi connectivity index (χ3v) is 8.30. The van der Waals surface area contributed by atoms with Crippen molar-refractivity contribution in [2.24, 2.45) is 0 Å². The number of hydrogen-bond acceptors (Lipinski definition) is 7. The number of piperazine rings is 1. The zero-order valence-corrected chi connectivity index (χ0v) is 23.4. The third-order valence-electron chi connectivity index (χ3n) is 6.90. The summed E-state index contributed by atoms with van der Waals surface area (Å²) in [6.07, 6.45) is -4.78. The Balaban J connectivity index is 1.25. The van der Waals surface area contributed by atoms with Crippen molar-refractivity contribution < 1.29 is 35.5 Å². The lowest BCUT2D eigenvalue weighted by molar-refractivity contribution is -0.274. The molecule has 0 unspecified atom stereocenters. The van der Waals surface area contributed by atoms with Gasteiger partial charge in [0.1, 0.15) is 11.3 Å². The summed E-state index contributed by atoms with van der Waals surface area (Å²) < 4.78 is 75.6. The maximum absolute atomic E-state index is 13.1. The number of alkyl halides is 3. The van der Waals surface area contributed by atoms with Gasteiger partial charge in [0.2, 0.25) is 0 Å². The lowest BCUT2D eigenvalue weighted by atomic mass is 10.1. The summed E-state index contributed by atoms with van der Waals surface area (Å²) in [5.41, 5.74) is 2.55. The molecule has 1 aromatic heterocycles. The summed E-state index contributed by atoms with van der Waals surface area (Å²) in [6, 6.07) is 16.0. The number of fused-ring (bicyclic) bond motifs is 1. The molecular formula is C29H29F3N4O5S. The van der Waals surface area contributed by atoms with Gasteiger partial charge in [0.05, 0.1) is 4.90 Å². The smallest absolute Gasteiger partial charge is 0.451 e. The van der Waals surface area contributed by atoms with Crippen LogP contribution in [0, 0.1) is 6.92 Å². The molecular weight excluding hydrogens is 573 g/mol. The van der Waals surface area contributed by atoms with Crippen LogP contribution in [0.25, 0.3) is 22.1 Å². The molecule has 2 heterocycles. The van der Waals surface area contributed by atoms with Crippen molar-refractivity contribution >= 4 is 32.6 Å². The first kappa shape index (κ1) is 29.4. The highest BCUT2D eigenvalue weighted by atomic mass is 32.2. The average Bonchev–Trinajstić information content (AvgIpc) is 3.29. The van der Waals surface area contributed by atoms with Crippen molar-refractivity contribution in [2.45, 2.75) is 18.2 Å². The number of halogens is 3. The van der Waals surface area contributed by atoms with Crippen LogP contribution in [0.2, 0.25) is 0 Å². The van der Waals surface area contributed by atoms with E-state index in [0.29, 0.717) is 39.9 Å². The molecule has 42 heavy (non-hydrogen) atoms. The molecule has 1 amide bonds. The molecule has 0 saturated carbocycles. The summed E-state index contributed by atoms with van der Waals surface area (Å²) in [6.45, 7) is 6.68. The summed E-state index contributed by atoms with van der Waals surface area (Å²) in [7, 11) is -3.97. The van der Waals surface area contributed by atoms with Gasteiger partial charge in [-0.05, 0) is 60.5 Å². The Kier molecular flexibility index (Phi) is 8.43. The summed E-state index contributed by atoms with van der Waals surface area (Å²) in [5, 5.41) is 6.79. The number of hydrogen-bond donors (Lipinski definition) is 3. The zero-order chi connectivity index (χ0) is 29.9. The molecule has 0 bridgehead atoms. The molecule has 1 saturated heterocycles. The van der Waals surface area contributed by atoms with Crippen LogP contribution in [0.5, 0.6) is 5.75 Å². The second-order valence-electron chi connectivity index (χ2n) is 9.82. The Labute approximate surface area is 240 Å². The van der Waals surface area contributed by atoms with E-state index in [4.69, 9.17) is 4.42 Å². The van der Waals surface area contributed by atoms with Crippen LogP contribution in [0.4, 0.5) is 18.9 Å². The van der Waals surface area contributed by atoms with Crippen molar-refractivity contribution in [1.82, 2.24) is 15.5 Å². The van der Waals surface area contributed by atoms with Gasteiger partial charge in [0.25, 0.3) is 15.9 Å². The number of nitrogens with zero attached hydrogens (tertiary/aromatic N) is 1. The summed E-state index contributed by atoms with van der Waals surface area (Å²) >= 11 is 0. The number of sulfonamides is 1. The minimum absolute atomic E-state index is 0.00293. The van der Waals surface area contributed by atoms with Crippen molar-refractivity contribution in [3.63, 3.8) is 0 Å². The van der Waals surface area contributed by atoms with Gasteiger partial charge in [-0.25, -0.2) is 8.42 Å². The Hall–Kier alpha value is -4.07. The highest BCUT2D eigenvalue weighted by Gasteiger charge is 2.31. The van der Waals surface area contributed by atoms with E-state index < -0.39 is 16.4 Å². The van der Waals surface area contributed by atoms with E-state index in [1.807, 2.05) is 0 Å². The molecule has 9 nitrogen and oxygen atoms in total. The molecule has 1 fully saturated rings. The van der Waals surface area contributed by atoms with Crippen molar-refractivity contribution in [3.8, 4) is 16.9 Å². The third kappa shape index (κ3) is 7.04. The number of carbonyl (C=O) groups is 1. The first-order chi connectivity index (χ1) is 20.0. The summed E-state index contributed by atoms with van der Waals surface area (Å²) in [4.78, 5) is 15.0. The minimum atomic E-state index is -4.78. The number of rotatable bonds is 9. The normalized spacial score (nSPS) is 14.6. The van der Waals surface area contributed by atoms with E-state index in [1.165, 1.54) is 36.4 Å². The predicted molar refractivity (Wildman–Crippen MR) is 152 cm³/mol. The van der Waals surface area contributed by atoms with Gasteiger partial charge in [-0.3, -0.25) is 14.4 Å². The topological polar surface area (TPSA) is 113 Å². The quantitative estimate of drug-likeness (QED) is 0.254. The van der Waals surface area contributed by atoms with Crippen LogP contribution in [-0.4, -0.2) is 64.9 Å². The van der Waals surface area contributed by atoms with Gasteiger partial charge in [0, 0.05) is 55.9 Å². The number of benzene rings is 3. The highest BCUT2D eigenvalue weighted by Crippen LogP contribution is 2.30. The molecule has 0 radical (unpaired) electrons. The lowest BCUT2D eigenvalue weighted by Gasteiger charge is -2.26. The van der Waals surface area contributed by atoms with Crippen LogP contribution in [0.1, 0.15) is 16.1 Å². The van der Waals surface area contributed by atoms with Gasteiger partial charge in [-0.2, -0.15) is 0 Å². The number of ether oxygens (including phenoxy) is 1. The van der Waals surface area contributed by atoms with Crippen molar-refractivity contribution in [2.75, 3.05) is 44.0 Å². The maximum Gasteiger partial charge on any atom is 0.573 e. The SMILES string of the molecule is Cc1c(C(=O)NCCN2CCNCC2)oc2ccc(NS(=O)(=O)c3ccc(-c4ccc(OC(F)(F)F)cc4)cc3)cc12. The Bertz CT molecular complexity index is 1660. The first-order valence-corrected chi connectivity index (χ1v) is 14.7. The van der Waals surface area contributed by atoms with Crippen LogP contribution in [0.3, 0.4) is 0 Å². The number of anilines is 1. The molecule has 0 atom stereocenters. The minimum Gasteiger partial charge on any atom is -0.451 e. The monoisotopic (exact) mass is 602 g/mol. The molecule has 222 valence electrons. The highest BCUT2D eigenvalue weighted by molar-refractivity contribution is 7.92. The van der Waals surface area contributed by atoms with E-state index in [0.717, 1.165) is 32.7 Å². The Morgan fingerprint density at radius 3 is 2.29 bits per heavy atom. The molecule has 3 N–H and O–H groups in total. The second-order valence-corrected chi connectivity index (χ2v) is 11.5. The van der Waals surface area contributed by atoms with Crippen LogP contribution >= 0.6 is 0 Å². The van der Waals surface area contributed by atoms with E-state index in [1.54, 1.807) is 37.3 Å². The molecule has 0 aliphatic carbocycles. The Morgan fingerprint density at radius 2 is 1.64 bits per heavy atom. The van der Waals surface area contributed by atoms with Crippen LogP contribution in [-0.2, 0) is 10.0 Å². The van der Waals surface area contributed by atoms with E-state index in [9.17, 15) is 26.4 Å². The van der Waals surface area contributed by atoms with Crippen molar-refractivity contribution in [3.05, 3.63) is 78.1 Å². The molecule has 3 aromatic carbocycles. The number of carbonyl (C=O) groups excluding carboxylic acids is 1. The fourth-order valence-corrected chi connectivity index (χ4v) is 5.78. The maximum atomic E-state index is 13.1. The number of nitrogens with one attached hydrogen (secondary N) is 3. The molecule has 1 aliphatic rings. The van der Waals surface area contributed by atoms with Crippen molar-refractivity contribution in [1.29, 1.82) is 0 Å². The van der Waals surface area contributed by atoms with E-state index in [2.05, 4.69) is 25.0 Å². The fraction of sp³-hybridized carbons (Fsp3) is 0.276. The fourth-order valence-electron chi connectivity index (χ4n) is 4.73. The largest absolute Gasteiger partial charge is 0.573 e. The summed E-state index contributed by atoms with van der Waals surface area (Å²) in [5.74, 6) is -0.500. The number of furan rings is 1. The average molecular weight is 603 g/mol. The number of aryl methyl sites for hydroxylation is 1. The lowest BCUT2D eigenvalue weighted by Crippen LogP contribution is -2.46. The van der Waals surface area contributed by atoms with Gasteiger partial charge >= 0.3 is 6.36 Å². The molecule has 13 heteroatoms.